The quantitative estimate of drug-likeness (QED) is 0.825. The summed E-state index contributed by atoms with van der Waals surface area (Å²) in [5, 5.41) is 13.2. The number of hydrogen-bond donors (Lipinski definition) is 1. The van der Waals surface area contributed by atoms with Crippen LogP contribution in [0.15, 0.2) is 36.5 Å². The van der Waals surface area contributed by atoms with Gasteiger partial charge in [0, 0.05) is 6.20 Å². The van der Waals surface area contributed by atoms with E-state index in [9.17, 15) is 0 Å². The molecular weight excluding hydrogens is 188 g/mol. The predicted octanol–water partition coefficient (Wildman–Crippen LogP) is 1.93. The Balaban J connectivity index is 2.35. The van der Waals surface area contributed by atoms with E-state index in [0.717, 1.165) is 12.1 Å². The second-order valence-electron chi connectivity index (χ2n) is 3.43. The van der Waals surface area contributed by atoms with Gasteiger partial charge in [-0.2, -0.15) is 5.10 Å². The molecular formula is C12H14N2O. The van der Waals surface area contributed by atoms with Crippen molar-refractivity contribution in [2.75, 3.05) is 0 Å². The fraction of sp³-hybridized carbons (Fsp3) is 0.250. The third kappa shape index (κ3) is 2.07. The number of aryl methyl sites for hydroxylation is 1. The molecule has 0 bridgehead atoms. The fourth-order valence-electron chi connectivity index (χ4n) is 1.51. The van der Waals surface area contributed by atoms with Crippen LogP contribution in [0, 0.1) is 0 Å². The molecule has 3 heteroatoms. The summed E-state index contributed by atoms with van der Waals surface area (Å²) in [5.41, 5.74) is 3.01. The van der Waals surface area contributed by atoms with E-state index in [4.69, 9.17) is 5.11 Å². The van der Waals surface area contributed by atoms with Gasteiger partial charge in [-0.25, -0.2) is 4.68 Å². The van der Waals surface area contributed by atoms with Crippen molar-refractivity contribution in [1.29, 1.82) is 0 Å². The molecule has 0 spiro atoms. The van der Waals surface area contributed by atoms with E-state index < -0.39 is 0 Å². The van der Waals surface area contributed by atoms with Gasteiger partial charge >= 0.3 is 0 Å². The highest BCUT2D eigenvalue weighted by Gasteiger charge is 2.00. The zero-order valence-corrected chi connectivity index (χ0v) is 8.72. The van der Waals surface area contributed by atoms with Crippen LogP contribution in [0.1, 0.15) is 18.2 Å². The Hall–Kier alpha value is -1.61. The monoisotopic (exact) mass is 202 g/mol. The Kier molecular flexibility index (Phi) is 2.83. The van der Waals surface area contributed by atoms with Crippen LogP contribution in [0.5, 0.6) is 0 Å². The number of hydrogen-bond acceptors (Lipinski definition) is 2. The molecule has 0 aliphatic carbocycles. The minimum Gasteiger partial charge on any atom is -0.390 e. The summed E-state index contributed by atoms with van der Waals surface area (Å²) in [6, 6.07) is 10.1. The van der Waals surface area contributed by atoms with Gasteiger partial charge in [0.2, 0.25) is 0 Å². The summed E-state index contributed by atoms with van der Waals surface area (Å²) < 4.78 is 1.78. The Morgan fingerprint density at radius 2 is 2.20 bits per heavy atom. The van der Waals surface area contributed by atoms with Gasteiger partial charge in [0.05, 0.1) is 18.0 Å². The SMILES string of the molecule is CCc1cccc(-n2ccc(CO)n2)c1. The number of benzene rings is 1. The van der Waals surface area contributed by atoms with Gasteiger partial charge in [-0.05, 0) is 30.2 Å². The summed E-state index contributed by atoms with van der Waals surface area (Å²) in [6.07, 6.45) is 2.88. The molecule has 0 fully saturated rings. The molecule has 15 heavy (non-hydrogen) atoms. The smallest absolute Gasteiger partial charge is 0.0883 e. The van der Waals surface area contributed by atoms with Gasteiger partial charge in [-0.15, -0.1) is 0 Å². The average molecular weight is 202 g/mol. The third-order valence-corrected chi connectivity index (χ3v) is 2.39. The Bertz CT molecular complexity index is 448. The Morgan fingerprint density at radius 1 is 1.33 bits per heavy atom. The second-order valence-corrected chi connectivity index (χ2v) is 3.43. The molecule has 0 unspecified atom stereocenters. The lowest BCUT2D eigenvalue weighted by Gasteiger charge is -2.03. The van der Waals surface area contributed by atoms with Gasteiger partial charge in [-0.1, -0.05) is 19.1 Å². The maximum atomic E-state index is 8.92. The maximum absolute atomic E-state index is 8.92. The van der Waals surface area contributed by atoms with Gasteiger partial charge in [0.15, 0.2) is 0 Å². The summed E-state index contributed by atoms with van der Waals surface area (Å²) >= 11 is 0. The first-order chi connectivity index (χ1) is 7.33. The molecule has 2 rings (SSSR count). The lowest BCUT2D eigenvalue weighted by Crippen LogP contribution is -1.96. The van der Waals surface area contributed by atoms with Crippen molar-refractivity contribution >= 4 is 0 Å². The molecule has 0 radical (unpaired) electrons. The van der Waals surface area contributed by atoms with Gasteiger partial charge in [0.1, 0.15) is 0 Å². The molecule has 1 N–H and O–H groups in total. The zero-order chi connectivity index (χ0) is 10.7. The molecule has 1 heterocycles. The number of nitrogens with zero attached hydrogens (tertiary/aromatic N) is 2. The fourth-order valence-corrected chi connectivity index (χ4v) is 1.51. The first-order valence-electron chi connectivity index (χ1n) is 5.08. The minimum atomic E-state index is -0.0134. The molecule has 0 amide bonds. The van der Waals surface area contributed by atoms with Crippen molar-refractivity contribution in [1.82, 2.24) is 9.78 Å². The van der Waals surface area contributed by atoms with Crippen LogP contribution in [0.25, 0.3) is 5.69 Å². The topological polar surface area (TPSA) is 38.0 Å². The molecule has 0 saturated carbocycles. The van der Waals surface area contributed by atoms with Gasteiger partial charge in [0.25, 0.3) is 0 Å². The summed E-state index contributed by atoms with van der Waals surface area (Å²) in [5.74, 6) is 0. The van der Waals surface area contributed by atoms with Crippen molar-refractivity contribution < 1.29 is 5.11 Å². The van der Waals surface area contributed by atoms with E-state index in [2.05, 4.69) is 24.2 Å². The van der Waals surface area contributed by atoms with E-state index in [1.807, 2.05) is 24.4 Å². The van der Waals surface area contributed by atoms with Crippen molar-refractivity contribution in [2.45, 2.75) is 20.0 Å². The lowest BCUT2D eigenvalue weighted by atomic mass is 10.1. The summed E-state index contributed by atoms with van der Waals surface area (Å²) in [6.45, 7) is 2.11. The molecule has 2 aromatic rings. The number of aromatic nitrogens is 2. The second kappa shape index (κ2) is 4.28. The van der Waals surface area contributed by atoms with Crippen molar-refractivity contribution in [2.24, 2.45) is 0 Å². The van der Waals surface area contributed by atoms with E-state index in [1.165, 1.54) is 5.56 Å². The molecule has 0 atom stereocenters. The minimum absolute atomic E-state index is 0.0134. The standard InChI is InChI=1S/C12H14N2O/c1-2-10-4-3-5-12(8-10)14-7-6-11(9-15)13-14/h3-8,15H,2,9H2,1H3. The van der Waals surface area contributed by atoms with Crippen molar-refractivity contribution in [3.63, 3.8) is 0 Å². The molecule has 0 saturated heterocycles. The largest absolute Gasteiger partial charge is 0.390 e. The van der Waals surface area contributed by atoms with Gasteiger partial charge in [-0.3, -0.25) is 0 Å². The van der Waals surface area contributed by atoms with Crippen LogP contribution >= 0.6 is 0 Å². The van der Waals surface area contributed by atoms with E-state index >= 15 is 0 Å². The molecule has 1 aromatic carbocycles. The predicted molar refractivity (Wildman–Crippen MR) is 58.9 cm³/mol. The van der Waals surface area contributed by atoms with Crippen LogP contribution < -0.4 is 0 Å². The van der Waals surface area contributed by atoms with Crippen LogP contribution in [-0.4, -0.2) is 14.9 Å². The zero-order valence-electron chi connectivity index (χ0n) is 8.72. The first-order valence-corrected chi connectivity index (χ1v) is 5.08. The van der Waals surface area contributed by atoms with Crippen LogP contribution in [-0.2, 0) is 13.0 Å². The number of aliphatic hydroxyl groups is 1. The van der Waals surface area contributed by atoms with E-state index in [1.54, 1.807) is 4.68 Å². The highest BCUT2D eigenvalue weighted by atomic mass is 16.3. The average Bonchev–Trinajstić information content (AvgIpc) is 2.78. The summed E-state index contributed by atoms with van der Waals surface area (Å²) in [4.78, 5) is 0. The third-order valence-electron chi connectivity index (χ3n) is 2.39. The molecule has 3 nitrogen and oxygen atoms in total. The van der Waals surface area contributed by atoms with Gasteiger partial charge < -0.3 is 5.11 Å². The molecule has 0 aliphatic rings. The van der Waals surface area contributed by atoms with Crippen molar-refractivity contribution in [3.8, 4) is 5.69 Å². The van der Waals surface area contributed by atoms with E-state index in [0.29, 0.717) is 5.69 Å². The van der Waals surface area contributed by atoms with Crippen LogP contribution in [0.2, 0.25) is 0 Å². The number of aliphatic hydroxyl groups excluding tert-OH is 1. The molecule has 0 aliphatic heterocycles. The normalized spacial score (nSPS) is 10.5. The maximum Gasteiger partial charge on any atom is 0.0883 e. The summed E-state index contributed by atoms with van der Waals surface area (Å²) in [7, 11) is 0. The van der Waals surface area contributed by atoms with Crippen LogP contribution in [0.3, 0.4) is 0 Å². The Morgan fingerprint density at radius 3 is 2.87 bits per heavy atom. The number of rotatable bonds is 3. The highest BCUT2D eigenvalue weighted by molar-refractivity contribution is 5.35. The highest BCUT2D eigenvalue weighted by Crippen LogP contribution is 2.10. The Labute approximate surface area is 89.0 Å². The van der Waals surface area contributed by atoms with Crippen molar-refractivity contribution in [3.05, 3.63) is 47.8 Å². The molecule has 1 aromatic heterocycles. The molecule has 78 valence electrons. The van der Waals surface area contributed by atoms with E-state index in [-0.39, 0.29) is 6.61 Å². The van der Waals surface area contributed by atoms with Crippen LogP contribution in [0.4, 0.5) is 0 Å². The first kappa shape index (κ1) is 9.93. The lowest BCUT2D eigenvalue weighted by molar-refractivity contribution is 0.276.